The van der Waals surface area contributed by atoms with E-state index in [9.17, 15) is 9.59 Å². The lowest BCUT2D eigenvalue weighted by atomic mass is 10.2. The van der Waals surface area contributed by atoms with E-state index in [0.717, 1.165) is 4.47 Å². The van der Waals surface area contributed by atoms with Crippen LogP contribution in [0.5, 0.6) is 0 Å². The standard InChI is InChI=1S/C19H25BrN2O4S/c1-5-25-10-6-9-22-17(24)14-11-13(20)7-8-15(14)21-18(22)27-12-16(23)26-19(2,3)4/h7-8,11H,5-6,9-10,12H2,1-4H3. The fourth-order valence-electron chi connectivity index (χ4n) is 2.44. The topological polar surface area (TPSA) is 70.4 Å². The smallest absolute Gasteiger partial charge is 0.316 e. The number of hydrogen-bond acceptors (Lipinski definition) is 6. The number of halogens is 1. The largest absolute Gasteiger partial charge is 0.459 e. The molecule has 0 radical (unpaired) electrons. The summed E-state index contributed by atoms with van der Waals surface area (Å²) in [5.74, 6) is -0.240. The van der Waals surface area contributed by atoms with Gasteiger partial charge in [-0.05, 0) is 52.3 Å². The SMILES string of the molecule is CCOCCCn1c(SCC(=O)OC(C)(C)C)nc2ccc(Br)cc2c1=O. The Bertz CT molecular complexity index is 861. The average Bonchev–Trinajstić information content (AvgIpc) is 2.57. The van der Waals surface area contributed by atoms with Gasteiger partial charge in [0.25, 0.3) is 5.56 Å². The molecule has 0 aliphatic carbocycles. The highest BCUT2D eigenvalue weighted by Gasteiger charge is 2.18. The highest BCUT2D eigenvalue weighted by Crippen LogP contribution is 2.21. The molecule has 0 N–H and O–H groups in total. The number of rotatable bonds is 8. The van der Waals surface area contributed by atoms with Crippen LogP contribution in [0, 0.1) is 0 Å². The second kappa shape index (κ2) is 9.71. The number of esters is 1. The van der Waals surface area contributed by atoms with Crippen LogP contribution < -0.4 is 5.56 Å². The lowest BCUT2D eigenvalue weighted by Crippen LogP contribution is -2.26. The first kappa shape index (κ1) is 21.9. The van der Waals surface area contributed by atoms with E-state index in [0.29, 0.717) is 42.2 Å². The number of carbonyl (C=O) groups is 1. The molecule has 0 saturated heterocycles. The number of nitrogens with zero attached hydrogens (tertiary/aromatic N) is 2. The van der Waals surface area contributed by atoms with Crippen LogP contribution >= 0.6 is 27.7 Å². The zero-order chi connectivity index (χ0) is 20.0. The molecule has 0 atom stereocenters. The zero-order valence-electron chi connectivity index (χ0n) is 16.1. The van der Waals surface area contributed by atoms with Crippen LogP contribution in [-0.2, 0) is 20.8 Å². The van der Waals surface area contributed by atoms with Gasteiger partial charge in [-0.25, -0.2) is 4.98 Å². The Balaban J connectivity index is 2.29. The van der Waals surface area contributed by atoms with Crippen LogP contribution in [0.4, 0.5) is 0 Å². The van der Waals surface area contributed by atoms with Gasteiger partial charge in [0.2, 0.25) is 0 Å². The normalized spacial score (nSPS) is 11.7. The van der Waals surface area contributed by atoms with E-state index >= 15 is 0 Å². The van der Waals surface area contributed by atoms with Crippen molar-refractivity contribution < 1.29 is 14.3 Å². The van der Waals surface area contributed by atoms with Crippen LogP contribution in [0.3, 0.4) is 0 Å². The Morgan fingerprint density at radius 3 is 2.74 bits per heavy atom. The maximum atomic E-state index is 13.0. The molecule has 6 nitrogen and oxygen atoms in total. The summed E-state index contributed by atoms with van der Waals surface area (Å²) < 4.78 is 13.2. The van der Waals surface area contributed by atoms with Gasteiger partial charge in [0.05, 0.1) is 16.7 Å². The highest BCUT2D eigenvalue weighted by atomic mass is 79.9. The Kier molecular flexibility index (Phi) is 7.88. The predicted octanol–water partition coefficient (Wildman–Crippen LogP) is 4.02. The lowest BCUT2D eigenvalue weighted by molar-refractivity contribution is -0.151. The van der Waals surface area contributed by atoms with Gasteiger partial charge in [-0.1, -0.05) is 27.7 Å². The summed E-state index contributed by atoms with van der Waals surface area (Å²) >= 11 is 4.62. The van der Waals surface area contributed by atoms with Gasteiger partial charge in [0, 0.05) is 24.2 Å². The first-order chi connectivity index (χ1) is 12.7. The fourth-order valence-corrected chi connectivity index (χ4v) is 3.60. The molecule has 1 heterocycles. The minimum atomic E-state index is -0.544. The summed E-state index contributed by atoms with van der Waals surface area (Å²) in [6.07, 6.45) is 0.689. The van der Waals surface area contributed by atoms with Gasteiger partial charge in [0.15, 0.2) is 5.16 Å². The average molecular weight is 457 g/mol. The van der Waals surface area contributed by atoms with E-state index in [1.165, 1.54) is 11.8 Å². The quantitative estimate of drug-likeness (QED) is 0.258. The van der Waals surface area contributed by atoms with E-state index < -0.39 is 5.60 Å². The molecule has 0 fully saturated rings. The fraction of sp³-hybridized carbons (Fsp3) is 0.526. The second-order valence-electron chi connectivity index (χ2n) is 6.94. The molecule has 27 heavy (non-hydrogen) atoms. The number of fused-ring (bicyclic) bond motifs is 1. The van der Waals surface area contributed by atoms with Crippen molar-refractivity contribution in [1.29, 1.82) is 0 Å². The van der Waals surface area contributed by atoms with E-state index in [-0.39, 0.29) is 17.3 Å². The number of hydrogen-bond donors (Lipinski definition) is 0. The maximum Gasteiger partial charge on any atom is 0.316 e. The third-order valence-electron chi connectivity index (χ3n) is 3.49. The summed E-state index contributed by atoms with van der Waals surface area (Å²) in [5.41, 5.74) is -0.0572. The van der Waals surface area contributed by atoms with Crippen LogP contribution in [0.2, 0.25) is 0 Å². The van der Waals surface area contributed by atoms with Crippen molar-refractivity contribution in [1.82, 2.24) is 9.55 Å². The molecule has 0 aliphatic heterocycles. The molecule has 0 amide bonds. The van der Waals surface area contributed by atoms with Gasteiger partial charge < -0.3 is 9.47 Å². The Morgan fingerprint density at radius 1 is 1.33 bits per heavy atom. The maximum absolute atomic E-state index is 13.0. The highest BCUT2D eigenvalue weighted by molar-refractivity contribution is 9.10. The molecule has 0 spiro atoms. The molecule has 2 rings (SSSR count). The lowest BCUT2D eigenvalue weighted by Gasteiger charge is -2.19. The Labute approximate surface area is 171 Å². The van der Waals surface area contributed by atoms with E-state index in [1.807, 2.05) is 33.8 Å². The zero-order valence-corrected chi connectivity index (χ0v) is 18.5. The third kappa shape index (κ3) is 6.62. The van der Waals surface area contributed by atoms with Crippen molar-refractivity contribution in [2.45, 2.75) is 51.4 Å². The molecule has 1 aromatic heterocycles. The first-order valence-electron chi connectivity index (χ1n) is 8.83. The minimum Gasteiger partial charge on any atom is -0.459 e. The van der Waals surface area contributed by atoms with E-state index in [1.54, 1.807) is 16.7 Å². The molecule has 0 unspecified atom stereocenters. The summed E-state index contributed by atoms with van der Waals surface area (Å²) in [7, 11) is 0. The molecular weight excluding hydrogens is 432 g/mol. The van der Waals surface area contributed by atoms with Crippen molar-refractivity contribution in [3.63, 3.8) is 0 Å². The monoisotopic (exact) mass is 456 g/mol. The number of aromatic nitrogens is 2. The molecule has 0 bridgehead atoms. The Morgan fingerprint density at radius 2 is 2.07 bits per heavy atom. The summed E-state index contributed by atoms with van der Waals surface area (Å²) in [4.78, 5) is 29.6. The minimum absolute atomic E-state index is 0.0944. The van der Waals surface area contributed by atoms with Gasteiger partial charge in [-0.3, -0.25) is 14.2 Å². The van der Waals surface area contributed by atoms with Crippen molar-refractivity contribution in [3.8, 4) is 0 Å². The van der Waals surface area contributed by atoms with E-state index in [2.05, 4.69) is 20.9 Å². The van der Waals surface area contributed by atoms with E-state index in [4.69, 9.17) is 9.47 Å². The van der Waals surface area contributed by atoms with Crippen LogP contribution in [0.15, 0.2) is 32.6 Å². The van der Waals surface area contributed by atoms with Crippen molar-refractivity contribution >= 4 is 44.6 Å². The van der Waals surface area contributed by atoms with Crippen molar-refractivity contribution in [3.05, 3.63) is 33.0 Å². The molecule has 1 aromatic carbocycles. The molecule has 0 aliphatic rings. The second-order valence-corrected chi connectivity index (χ2v) is 8.80. The molecule has 2 aromatic rings. The predicted molar refractivity (Wildman–Crippen MR) is 111 cm³/mol. The summed E-state index contributed by atoms with van der Waals surface area (Å²) in [5, 5.41) is 1.06. The third-order valence-corrected chi connectivity index (χ3v) is 4.94. The Hall–Kier alpha value is -1.38. The number of carbonyl (C=O) groups excluding carboxylic acids is 1. The van der Waals surface area contributed by atoms with Crippen LogP contribution in [-0.4, -0.2) is 40.1 Å². The number of benzene rings is 1. The molecule has 148 valence electrons. The molecular formula is C19H25BrN2O4S. The van der Waals surface area contributed by atoms with Crippen LogP contribution in [0.25, 0.3) is 10.9 Å². The molecule has 0 saturated carbocycles. The van der Waals surface area contributed by atoms with Crippen molar-refractivity contribution in [2.75, 3.05) is 19.0 Å². The number of thioether (sulfide) groups is 1. The van der Waals surface area contributed by atoms with Crippen molar-refractivity contribution in [2.24, 2.45) is 0 Å². The first-order valence-corrected chi connectivity index (χ1v) is 10.6. The van der Waals surface area contributed by atoms with Gasteiger partial charge in [0.1, 0.15) is 5.60 Å². The summed E-state index contributed by atoms with van der Waals surface area (Å²) in [6, 6.07) is 5.41. The van der Waals surface area contributed by atoms with Gasteiger partial charge in [-0.2, -0.15) is 0 Å². The molecule has 8 heteroatoms. The van der Waals surface area contributed by atoms with Gasteiger partial charge in [-0.15, -0.1) is 0 Å². The van der Waals surface area contributed by atoms with Gasteiger partial charge >= 0.3 is 5.97 Å². The van der Waals surface area contributed by atoms with Crippen LogP contribution in [0.1, 0.15) is 34.1 Å². The summed E-state index contributed by atoms with van der Waals surface area (Å²) in [6.45, 7) is 9.09. The number of ether oxygens (including phenoxy) is 2.